The summed E-state index contributed by atoms with van der Waals surface area (Å²) in [6, 6.07) is 0. The van der Waals surface area contributed by atoms with Crippen LogP contribution in [0.2, 0.25) is 0 Å². The molecule has 0 spiro atoms. The molecule has 2 N–H and O–H groups in total. The predicted molar refractivity (Wildman–Crippen MR) is 52.0 cm³/mol. The first-order chi connectivity index (χ1) is 6.77. The van der Waals surface area contributed by atoms with E-state index >= 15 is 0 Å². The lowest BCUT2D eigenvalue weighted by atomic mass is 10.5. The minimum atomic E-state index is -4.34. The van der Waals surface area contributed by atoms with Gasteiger partial charge < -0.3 is 5.11 Å². The van der Waals surface area contributed by atoms with E-state index in [0.29, 0.717) is 0 Å². The summed E-state index contributed by atoms with van der Waals surface area (Å²) in [5.41, 5.74) is -4.34. The lowest BCUT2D eigenvalue weighted by Gasteiger charge is -2.07. The molecule has 0 rings (SSSR count). The molecule has 0 aromatic heterocycles. The summed E-state index contributed by atoms with van der Waals surface area (Å²) in [5.74, 6) is -0.637. The van der Waals surface area contributed by atoms with E-state index in [0.717, 1.165) is 0 Å². The average Bonchev–Trinajstić information content (AvgIpc) is 2.08. The first-order valence-corrected chi connectivity index (χ1v) is 6.69. The van der Waals surface area contributed by atoms with E-state index in [1.807, 2.05) is 4.72 Å². The van der Waals surface area contributed by atoms with E-state index in [1.165, 1.54) is 0 Å². The Hall–Kier alpha value is 0.01000. The molecule has 0 saturated heterocycles. The van der Waals surface area contributed by atoms with Gasteiger partial charge in [-0.3, -0.25) is 0 Å². The highest BCUT2D eigenvalue weighted by Crippen LogP contribution is 2.29. The number of hydrogen-bond acceptors (Lipinski definition) is 4. The average molecular weight is 267 g/mol. The van der Waals surface area contributed by atoms with E-state index in [-0.39, 0.29) is 42.8 Å². The number of hydrogen-bond donors (Lipinski definition) is 2. The van der Waals surface area contributed by atoms with Crippen LogP contribution in [-0.4, -0.2) is 43.7 Å². The molecule has 0 amide bonds. The van der Waals surface area contributed by atoms with E-state index in [9.17, 15) is 21.6 Å². The Balaban J connectivity index is 3.67. The maximum atomic E-state index is 11.6. The molecular weight excluding hydrogens is 255 g/mol. The molecule has 0 saturated carbocycles. The Morgan fingerprint density at radius 1 is 1.33 bits per heavy atom. The number of aliphatic hydroxyl groups excluding tert-OH is 1. The van der Waals surface area contributed by atoms with E-state index in [4.69, 9.17) is 5.11 Å². The summed E-state index contributed by atoms with van der Waals surface area (Å²) in [5, 5.41) is 8.36. The first-order valence-electron chi connectivity index (χ1n) is 4.06. The van der Waals surface area contributed by atoms with Gasteiger partial charge in [0.05, 0.1) is 5.75 Å². The fourth-order valence-electron chi connectivity index (χ4n) is 0.691. The van der Waals surface area contributed by atoms with Gasteiger partial charge in [0.25, 0.3) is 0 Å². The molecule has 9 heteroatoms. The quantitative estimate of drug-likeness (QED) is 0.661. The van der Waals surface area contributed by atoms with E-state index < -0.39 is 15.5 Å². The summed E-state index contributed by atoms with van der Waals surface area (Å²) < 4.78 is 58.9. The van der Waals surface area contributed by atoms with Gasteiger partial charge in [-0.1, -0.05) is 0 Å². The van der Waals surface area contributed by atoms with Crippen molar-refractivity contribution in [2.75, 3.05) is 24.7 Å². The third kappa shape index (κ3) is 10.3. The van der Waals surface area contributed by atoms with Crippen LogP contribution in [-0.2, 0) is 10.0 Å². The van der Waals surface area contributed by atoms with Crippen molar-refractivity contribution < 1.29 is 26.7 Å². The summed E-state index contributed by atoms with van der Waals surface area (Å²) in [6.07, 6.45) is 0.0712. The lowest BCUT2D eigenvalue weighted by molar-refractivity contribution is -0.0327. The van der Waals surface area contributed by atoms with Crippen molar-refractivity contribution in [3.63, 3.8) is 0 Å². The largest absolute Gasteiger partial charge is 0.441 e. The van der Waals surface area contributed by atoms with Crippen LogP contribution in [0.25, 0.3) is 0 Å². The van der Waals surface area contributed by atoms with E-state index in [1.54, 1.807) is 0 Å². The van der Waals surface area contributed by atoms with Gasteiger partial charge >= 0.3 is 5.51 Å². The van der Waals surface area contributed by atoms with Crippen molar-refractivity contribution in [1.29, 1.82) is 0 Å². The van der Waals surface area contributed by atoms with Crippen molar-refractivity contribution in [3.8, 4) is 0 Å². The Morgan fingerprint density at radius 2 is 1.93 bits per heavy atom. The topological polar surface area (TPSA) is 66.4 Å². The molecule has 0 radical (unpaired) electrons. The maximum Gasteiger partial charge on any atom is 0.441 e. The number of aliphatic hydroxyl groups is 1. The second-order valence-corrected chi connectivity index (χ2v) is 5.67. The molecule has 0 unspecified atom stereocenters. The fraction of sp³-hybridized carbons (Fsp3) is 1.00. The van der Waals surface area contributed by atoms with Gasteiger partial charge in [0, 0.05) is 18.9 Å². The third-order valence-electron chi connectivity index (χ3n) is 1.26. The second kappa shape index (κ2) is 6.56. The monoisotopic (exact) mass is 267 g/mol. The fourth-order valence-corrected chi connectivity index (χ4v) is 2.32. The summed E-state index contributed by atoms with van der Waals surface area (Å²) >= 11 is -0.278. The number of alkyl halides is 3. The van der Waals surface area contributed by atoms with Gasteiger partial charge in [-0.25, -0.2) is 13.1 Å². The van der Waals surface area contributed by atoms with Crippen LogP contribution in [0.3, 0.4) is 0 Å². The Labute approximate surface area is 90.3 Å². The molecular formula is C6H12F3NO3S2. The molecule has 4 nitrogen and oxygen atoms in total. The highest BCUT2D eigenvalue weighted by molar-refractivity contribution is 8.00. The zero-order valence-corrected chi connectivity index (χ0v) is 9.38. The predicted octanol–water partition coefficient (Wildman–Crippen LogP) is 0.541. The molecule has 0 fully saturated rings. The lowest BCUT2D eigenvalue weighted by Crippen LogP contribution is -2.29. The van der Waals surface area contributed by atoms with Gasteiger partial charge in [-0.15, -0.1) is 0 Å². The van der Waals surface area contributed by atoms with Crippen LogP contribution in [0.1, 0.15) is 6.42 Å². The standard InChI is InChI=1S/C6H12F3NO3S2/c7-6(8,9)14-4-2-10-15(12,13)5-1-3-11/h10-11H,1-5H2. The molecule has 0 aliphatic rings. The highest BCUT2D eigenvalue weighted by Gasteiger charge is 2.27. The molecule has 92 valence electrons. The van der Waals surface area contributed by atoms with Gasteiger partial charge in [0.1, 0.15) is 0 Å². The minimum Gasteiger partial charge on any atom is -0.396 e. The Bertz CT molecular complexity index is 265. The third-order valence-corrected chi connectivity index (χ3v) is 3.47. The maximum absolute atomic E-state index is 11.6. The van der Waals surface area contributed by atoms with Crippen molar-refractivity contribution in [3.05, 3.63) is 0 Å². The molecule has 0 aromatic rings. The molecule has 0 aliphatic heterocycles. The molecule has 0 bridgehead atoms. The smallest absolute Gasteiger partial charge is 0.396 e. The van der Waals surface area contributed by atoms with Crippen LogP contribution in [0, 0.1) is 0 Å². The van der Waals surface area contributed by atoms with Crippen LogP contribution in [0.5, 0.6) is 0 Å². The van der Waals surface area contributed by atoms with Crippen LogP contribution in [0.4, 0.5) is 13.2 Å². The van der Waals surface area contributed by atoms with Crippen molar-refractivity contribution >= 4 is 21.8 Å². The van der Waals surface area contributed by atoms with Gasteiger partial charge in [-0.05, 0) is 18.2 Å². The van der Waals surface area contributed by atoms with Crippen molar-refractivity contribution in [1.82, 2.24) is 4.72 Å². The number of sulfonamides is 1. The first kappa shape index (κ1) is 15.0. The minimum absolute atomic E-state index is 0.0712. The normalized spacial score (nSPS) is 13.1. The SMILES string of the molecule is O=S(=O)(CCCO)NCCSC(F)(F)F. The van der Waals surface area contributed by atoms with Crippen LogP contribution < -0.4 is 4.72 Å². The zero-order chi connectivity index (χ0) is 11.9. The summed E-state index contributed by atoms with van der Waals surface area (Å²) in [7, 11) is -3.55. The molecule has 0 aliphatic carbocycles. The van der Waals surface area contributed by atoms with Gasteiger partial charge in [-0.2, -0.15) is 13.2 Å². The second-order valence-electron chi connectivity index (χ2n) is 2.58. The van der Waals surface area contributed by atoms with Crippen molar-refractivity contribution in [2.24, 2.45) is 0 Å². The van der Waals surface area contributed by atoms with Crippen LogP contribution >= 0.6 is 11.8 Å². The molecule has 0 atom stereocenters. The zero-order valence-electron chi connectivity index (χ0n) is 7.75. The summed E-state index contributed by atoms with van der Waals surface area (Å²) in [4.78, 5) is 0. The number of thioether (sulfide) groups is 1. The van der Waals surface area contributed by atoms with Gasteiger partial charge in [0.15, 0.2) is 0 Å². The number of rotatable bonds is 7. The van der Waals surface area contributed by atoms with E-state index in [2.05, 4.69) is 0 Å². The van der Waals surface area contributed by atoms with Crippen molar-refractivity contribution in [2.45, 2.75) is 11.9 Å². The van der Waals surface area contributed by atoms with Crippen LogP contribution in [0.15, 0.2) is 0 Å². The summed E-state index contributed by atoms with van der Waals surface area (Å²) in [6.45, 7) is -0.532. The molecule has 0 aromatic carbocycles. The van der Waals surface area contributed by atoms with Gasteiger partial charge in [0.2, 0.25) is 10.0 Å². The number of halogens is 3. The Morgan fingerprint density at radius 3 is 2.40 bits per heavy atom. The Kier molecular flexibility index (Phi) is 6.57. The molecule has 15 heavy (non-hydrogen) atoms. The number of nitrogens with one attached hydrogen (secondary N) is 1. The highest BCUT2D eigenvalue weighted by atomic mass is 32.2. The molecule has 0 heterocycles.